The first-order valence-electron chi connectivity index (χ1n) is 32.5. The fraction of sp³-hybridized carbons (Fsp3) is 0.970. The van der Waals surface area contributed by atoms with Crippen LogP contribution in [-0.2, 0) is 0 Å². The molecule has 0 aliphatic rings. The van der Waals surface area contributed by atoms with Crippen LogP contribution in [0.25, 0.3) is 0 Å². The van der Waals surface area contributed by atoms with Gasteiger partial charge in [-0.3, -0.25) is 0 Å². The van der Waals surface area contributed by atoms with Crippen LogP contribution in [0, 0.1) is 0 Å². The fourth-order valence-electron chi connectivity index (χ4n) is 11.1. The first kappa shape index (κ1) is 71.9. The number of hydrogen-bond acceptors (Lipinski definition) is 2. The van der Waals surface area contributed by atoms with Crippen molar-refractivity contribution in [3.8, 4) is 0 Å². The lowest BCUT2D eigenvalue weighted by molar-refractivity contribution is 0.524. The van der Waals surface area contributed by atoms with Gasteiger partial charge in [-0.05, 0) is 51.4 Å². The smallest absolute Gasteiger partial charge is 0.0318 e. The molecule has 68 heavy (non-hydrogen) atoms. The van der Waals surface area contributed by atoms with E-state index in [-0.39, 0.29) is 12.3 Å². The van der Waals surface area contributed by atoms with Crippen molar-refractivity contribution in [2.75, 3.05) is 0 Å². The second-order valence-electron chi connectivity index (χ2n) is 22.6. The van der Waals surface area contributed by atoms with Crippen molar-refractivity contribution < 1.29 is 0 Å². The molecule has 0 saturated carbocycles. The van der Waals surface area contributed by atoms with Crippen LogP contribution < -0.4 is 12.3 Å². The summed E-state index contributed by atoms with van der Waals surface area (Å²) in [6.45, 7) is 9.33. The molecule has 2 nitrogen and oxygen atoms in total. The molecule has 0 aromatic rings. The summed E-state index contributed by atoms with van der Waals surface area (Å²) in [6, 6.07) is 0. The van der Waals surface area contributed by atoms with Crippen LogP contribution in [0.2, 0.25) is 0 Å². The zero-order valence-corrected chi connectivity index (χ0v) is 48.8. The topological polar surface area (TPSA) is 70.0 Å². The summed E-state index contributed by atoms with van der Waals surface area (Å²) >= 11 is 0. The van der Waals surface area contributed by atoms with Gasteiger partial charge >= 0.3 is 0 Å². The second-order valence-corrected chi connectivity index (χ2v) is 22.6. The average molecular weight is 960 g/mol. The van der Waals surface area contributed by atoms with Gasteiger partial charge in [0, 0.05) is 0 Å². The van der Waals surface area contributed by atoms with E-state index in [4.69, 9.17) is 0 Å². The van der Waals surface area contributed by atoms with Gasteiger partial charge in [-0.1, -0.05) is 373 Å². The Kier molecular flexibility index (Phi) is 70.5. The summed E-state index contributed by atoms with van der Waals surface area (Å²) < 4.78 is 0. The van der Waals surface area contributed by atoms with Gasteiger partial charge in [0.1, 0.15) is 0 Å². The maximum Gasteiger partial charge on any atom is -0.0318 e. The normalized spacial score (nSPS) is 11.3. The molecule has 6 N–H and O–H groups in total. The van der Waals surface area contributed by atoms with Gasteiger partial charge in [0.25, 0.3) is 0 Å². The number of hydrogen-bond donors (Lipinski definition) is 2. The van der Waals surface area contributed by atoms with Gasteiger partial charge in [-0.15, -0.1) is 0 Å². The van der Waals surface area contributed by atoms with E-state index in [0.29, 0.717) is 0 Å². The number of allylic oxidation sites excluding steroid dienone is 2. The highest BCUT2D eigenvalue weighted by Crippen LogP contribution is 2.29. The molecule has 0 aromatic heterocycles. The summed E-state index contributed by atoms with van der Waals surface area (Å²) in [6.07, 6.45) is 88.1. The zero-order chi connectivity index (χ0) is 47.6. The molecule has 0 atom stereocenters. The maximum absolute atomic E-state index is 2.33. The van der Waals surface area contributed by atoms with E-state index in [1.807, 2.05) is 11.1 Å². The lowest BCUT2D eigenvalue weighted by Crippen LogP contribution is -1.97. The van der Waals surface area contributed by atoms with Crippen molar-refractivity contribution in [1.29, 1.82) is 0 Å². The highest BCUT2D eigenvalue weighted by molar-refractivity contribution is 5.15. The molecular formula is C66H138N2. The van der Waals surface area contributed by atoms with Crippen LogP contribution in [0.4, 0.5) is 0 Å². The Bertz CT molecular complexity index is 740. The Morgan fingerprint density at radius 3 is 0.324 bits per heavy atom. The van der Waals surface area contributed by atoms with Crippen LogP contribution in [0.15, 0.2) is 11.1 Å². The van der Waals surface area contributed by atoms with Crippen molar-refractivity contribution in [3.63, 3.8) is 0 Å². The van der Waals surface area contributed by atoms with E-state index in [0.717, 1.165) is 0 Å². The third-order valence-electron chi connectivity index (χ3n) is 15.8. The molecule has 0 amide bonds. The summed E-state index contributed by atoms with van der Waals surface area (Å²) in [5.74, 6) is 0. The van der Waals surface area contributed by atoms with Crippen LogP contribution in [0.1, 0.15) is 413 Å². The van der Waals surface area contributed by atoms with Crippen molar-refractivity contribution >= 4 is 0 Å². The van der Waals surface area contributed by atoms with Crippen molar-refractivity contribution in [2.24, 2.45) is 0 Å². The van der Waals surface area contributed by atoms with Crippen molar-refractivity contribution in [1.82, 2.24) is 12.3 Å². The quantitative estimate of drug-likeness (QED) is 0.0471. The van der Waals surface area contributed by atoms with Crippen LogP contribution in [-0.4, -0.2) is 0 Å². The molecule has 412 valence electrons. The van der Waals surface area contributed by atoms with Crippen LogP contribution >= 0.6 is 0 Å². The largest absolute Gasteiger partial charge is 0.344 e. The molecule has 0 heterocycles. The van der Waals surface area contributed by atoms with E-state index < -0.39 is 0 Å². The van der Waals surface area contributed by atoms with E-state index >= 15 is 0 Å². The minimum absolute atomic E-state index is 0. The molecule has 0 saturated heterocycles. The molecule has 0 aliphatic carbocycles. The van der Waals surface area contributed by atoms with E-state index in [2.05, 4.69) is 27.7 Å². The Hall–Kier alpha value is -0.340. The number of rotatable bonds is 60. The first-order chi connectivity index (χ1) is 32.8. The highest BCUT2D eigenvalue weighted by Gasteiger charge is 2.09. The molecule has 0 bridgehead atoms. The Labute approximate surface area is 434 Å². The third-order valence-corrected chi connectivity index (χ3v) is 15.8. The fourth-order valence-corrected chi connectivity index (χ4v) is 11.1. The molecule has 0 spiro atoms. The maximum atomic E-state index is 2.33. The van der Waals surface area contributed by atoms with Gasteiger partial charge in [0.05, 0.1) is 0 Å². The average Bonchev–Trinajstić information content (AvgIpc) is 3.33. The molecule has 0 rings (SSSR count). The minimum atomic E-state index is 0. The van der Waals surface area contributed by atoms with Crippen molar-refractivity contribution in [2.45, 2.75) is 413 Å². The zero-order valence-electron chi connectivity index (χ0n) is 48.8. The molecule has 0 unspecified atom stereocenters. The minimum Gasteiger partial charge on any atom is -0.344 e. The standard InChI is InChI=1S/C66H132.2H3N/c1-5-9-13-17-21-25-29-33-37-41-45-49-53-57-61-65(62-58-54-50-46-42-38-34-30-26-22-18-14-10-6-2)66(63-59-55-51-47-43-39-35-31-27-23-19-15-11-7-3)64-60-56-52-48-44-40-36-32-28-24-20-16-12-8-4;;/h5-64H2,1-4H3;2*1H3. The lowest BCUT2D eigenvalue weighted by atomic mass is 9.89. The molecule has 0 aliphatic heterocycles. The highest BCUT2D eigenvalue weighted by atomic mass is 14.2. The predicted octanol–water partition coefficient (Wildman–Crippen LogP) is 26.1. The second kappa shape index (κ2) is 66.7. The molecule has 0 fully saturated rings. The molecule has 2 heteroatoms. The molecule has 0 aromatic carbocycles. The van der Waals surface area contributed by atoms with Gasteiger partial charge in [0.15, 0.2) is 0 Å². The SMILES string of the molecule is CCCCCCCCCCCCCCCCC(CCCCCCCCCCCCCCCC)=C(CCCCCCCCCCCCCCCC)CCCCCCCCCCCCCCCC.N.N. The number of unbranched alkanes of at least 4 members (excludes halogenated alkanes) is 52. The summed E-state index contributed by atoms with van der Waals surface area (Å²) in [7, 11) is 0. The van der Waals surface area contributed by atoms with Crippen LogP contribution in [0.5, 0.6) is 0 Å². The summed E-state index contributed by atoms with van der Waals surface area (Å²) in [4.78, 5) is 0. The Morgan fingerprint density at radius 2 is 0.221 bits per heavy atom. The Balaban J connectivity index is -0.0000211. The molecule has 0 radical (unpaired) electrons. The molecular weight excluding hydrogens is 821 g/mol. The van der Waals surface area contributed by atoms with E-state index in [1.165, 1.54) is 385 Å². The van der Waals surface area contributed by atoms with E-state index in [9.17, 15) is 0 Å². The Morgan fingerprint density at radius 1 is 0.132 bits per heavy atom. The monoisotopic (exact) mass is 959 g/mol. The predicted molar refractivity (Wildman–Crippen MR) is 317 cm³/mol. The summed E-state index contributed by atoms with van der Waals surface area (Å²) in [5, 5.41) is 0. The van der Waals surface area contributed by atoms with Gasteiger partial charge in [-0.25, -0.2) is 0 Å². The third kappa shape index (κ3) is 60.0. The lowest BCUT2D eigenvalue weighted by Gasteiger charge is -2.17. The van der Waals surface area contributed by atoms with Gasteiger partial charge in [-0.2, -0.15) is 0 Å². The van der Waals surface area contributed by atoms with Gasteiger partial charge < -0.3 is 12.3 Å². The first-order valence-corrected chi connectivity index (χ1v) is 32.5. The van der Waals surface area contributed by atoms with Crippen molar-refractivity contribution in [3.05, 3.63) is 11.1 Å². The summed E-state index contributed by atoms with van der Waals surface area (Å²) in [5.41, 5.74) is 3.94. The van der Waals surface area contributed by atoms with Gasteiger partial charge in [0.2, 0.25) is 0 Å². The van der Waals surface area contributed by atoms with E-state index in [1.54, 1.807) is 0 Å². The van der Waals surface area contributed by atoms with Crippen LogP contribution in [0.3, 0.4) is 0 Å².